The van der Waals surface area contributed by atoms with Crippen LogP contribution in [0.5, 0.6) is 0 Å². The fraction of sp³-hybridized carbons (Fsp3) is 0.941. The maximum absolute atomic E-state index is 12.1. The largest absolute Gasteiger partial charge is 0.339 e. The van der Waals surface area contributed by atoms with Crippen LogP contribution in [0.1, 0.15) is 84.0 Å². The van der Waals surface area contributed by atoms with E-state index in [9.17, 15) is 4.79 Å². The number of amides is 1. The monoisotopic (exact) mass is 301 g/mol. The van der Waals surface area contributed by atoms with Crippen LogP contribution in [0.3, 0.4) is 0 Å². The average molecular weight is 302 g/mol. The topological polar surface area (TPSA) is 20.3 Å². The molecule has 0 radical (unpaired) electrons. The second-order valence-corrected chi connectivity index (χ2v) is 6.46. The highest BCUT2D eigenvalue weighted by atomic mass is 35.5. The van der Waals surface area contributed by atoms with Gasteiger partial charge in [-0.15, -0.1) is 11.6 Å². The van der Waals surface area contributed by atoms with Crippen molar-refractivity contribution in [3.05, 3.63) is 0 Å². The minimum Gasteiger partial charge on any atom is -0.339 e. The lowest BCUT2D eigenvalue weighted by molar-refractivity contribution is -0.131. The average Bonchev–Trinajstić information content (AvgIpc) is 3.27. The van der Waals surface area contributed by atoms with E-state index < -0.39 is 0 Å². The third kappa shape index (κ3) is 8.14. The van der Waals surface area contributed by atoms with E-state index in [1.54, 1.807) is 0 Å². The van der Waals surface area contributed by atoms with Crippen molar-refractivity contribution in [1.29, 1.82) is 0 Å². The number of rotatable bonds is 13. The second kappa shape index (κ2) is 11.4. The molecule has 1 saturated carbocycles. The van der Waals surface area contributed by atoms with Crippen LogP contribution >= 0.6 is 11.6 Å². The van der Waals surface area contributed by atoms with Crippen molar-refractivity contribution in [1.82, 2.24) is 4.90 Å². The summed E-state index contributed by atoms with van der Waals surface area (Å²) in [6.45, 7) is 2.99. The molecule has 1 fully saturated rings. The Kier molecular flexibility index (Phi) is 10.2. The predicted octanol–water partition coefficient (Wildman–Crippen LogP) is 5.14. The van der Waals surface area contributed by atoms with E-state index in [1.807, 2.05) is 4.90 Å². The van der Waals surface area contributed by atoms with Gasteiger partial charge >= 0.3 is 0 Å². The Morgan fingerprint density at radius 3 is 2.05 bits per heavy atom. The van der Waals surface area contributed by atoms with Gasteiger partial charge in [0.2, 0.25) is 5.91 Å². The van der Waals surface area contributed by atoms with Gasteiger partial charge in [-0.1, -0.05) is 58.3 Å². The minimum absolute atomic E-state index is 0.330. The molecule has 0 unspecified atom stereocenters. The van der Waals surface area contributed by atoms with Crippen LogP contribution in [0.4, 0.5) is 0 Å². The zero-order chi connectivity index (χ0) is 14.6. The van der Waals surface area contributed by atoms with E-state index in [4.69, 9.17) is 11.6 Å². The van der Waals surface area contributed by atoms with Gasteiger partial charge in [-0.2, -0.15) is 0 Å². The van der Waals surface area contributed by atoms with Crippen LogP contribution in [0, 0.1) is 0 Å². The molecule has 0 bridgehead atoms. The van der Waals surface area contributed by atoms with Crippen molar-refractivity contribution in [2.45, 2.75) is 90.0 Å². The SMILES string of the molecule is CCCCCCCCCCCC(=O)N(CCCl)C1CC1. The molecule has 0 aromatic rings. The van der Waals surface area contributed by atoms with Crippen LogP contribution in [0.2, 0.25) is 0 Å². The molecule has 0 spiro atoms. The van der Waals surface area contributed by atoms with Crippen molar-refractivity contribution in [2.24, 2.45) is 0 Å². The Balaban J connectivity index is 1.93. The molecule has 2 nitrogen and oxygen atoms in total. The first-order valence-corrected chi connectivity index (χ1v) is 9.18. The lowest BCUT2D eigenvalue weighted by Gasteiger charge is -2.21. The lowest BCUT2D eigenvalue weighted by Crippen LogP contribution is -2.34. The zero-order valence-corrected chi connectivity index (χ0v) is 14.0. The van der Waals surface area contributed by atoms with Gasteiger partial charge in [-0.3, -0.25) is 4.79 Å². The number of hydrogen-bond donors (Lipinski definition) is 0. The van der Waals surface area contributed by atoms with Crippen molar-refractivity contribution in [3.63, 3.8) is 0 Å². The maximum atomic E-state index is 12.1. The molecule has 1 aliphatic rings. The van der Waals surface area contributed by atoms with Gasteiger partial charge in [0.25, 0.3) is 0 Å². The van der Waals surface area contributed by atoms with E-state index in [0.717, 1.165) is 19.4 Å². The van der Waals surface area contributed by atoms with E-state index in [2.05, 4.69) is 6.92 Å². The Morgan fingerprint density at radius 1 is 1.00 bits per heavy atom. The first-order valence-electron chi connectivity index (χ1n) is 8.65. The normalized spacial score (nSPS) is 14.5. The van der Waals surface area contributed by atoms with Gasteiger partial charge in [-0.25, -0.2) is 0 Å². The fourth-order valence-corrected chi connectivity index (χ4v) is 2.90. The molecule has 0 saturated heterocycles. The molecule has 0 aromatic carbocycles. The van der Waals surface area contributed by atoms with E-state index in [0.29, 0.717) is 17.8 Å². The molecule has 118 valence electrons. The van der Waals surface area contributed by atoms with Crippen LogP contribution in [0.25, 0.3) is 0 Å². The third-order valence-electron chi connectivity index (χ3n) is 4.13. The first-order chi connectivity index (χ1) is 9.79. The summed E-state index contributed by atoms with van der Waals surface area (Å²) in [4.78, 5) is 14.1. The molecule has 3 heteroatoms. The number of halogens is 1. The summed E-state index contributed by atoms with van der Waals surface area (Å²) in [5, 5.41) is 0. The van der Waals surface area contributed by atoms with E-state index in [1.165, 1.54) is 64.2 Å². The summed E-state index contributed by atoms with van der Waals surface area (Å²) in [5.41, 5.74) is 0. The Bertz CT molecular complexity index is 253. The molecule has 0 aliphatic heterocycles. The number of unbranched alkanes of at least 4 members (excludes halogenated alkanes) is 8. The number of carbonyl (C=O) groups excluding carboxylic acids is 1. The van der Waals surface area contributed by atoms with Gasteiger partial charge in [0.1, 0.15) is 0 Å². The number of nitrogens with zero attached hydrogens (tertiary/aromatic N) is 1. The van der Waals surface area contributed by atoms with Crippen molar-refractivity contribution in [3.8, 4) is 0 Å². The molecule has 1 amide bonds. The van der Waals surface area contributed by atoms with Crippen molar-refractivity contribution in [2.75, 3.05) is 12.4 Å². The van der Waals surface area contributed by atoms with E-state index in [-0.39, 0.29) is 0 Å². The predicted molar refractivity (Wildman–Crippen MR) is 87.3 cm³/mol. The highest BCUT2D eigenvalue weighted by Crippen LogP contribution is 2.27. The number of alkyl halides is 1. The summed E-state index contributed by atoms with van der Waals surface area (Å²) in [7, 11) is 0. The quantitative estimate of drug-likeness (QED) is 0.341. The van der Waals surface area contributed by atoms with Crippen molar-refractivity contribution >= 4 is 17.5 Å². The number of hydrogen-bond acceptors (Lipinski definition) is 1. The van der Waals surface area contributed by atoms with Gasteiger partial charge in [0.05, 0.1) is 0 Å². The van der Waals surface area contributed by atoms with Crippen LogP contribution in [-0.4, -0.2) is 29.3 Å². The molecular formula is C17H32ClNO. The highest BCUT2D eigenvalue weighted by molar-refractivity contribution is 6.18. The number of carbonyl (C=O) groups is 1. The maximum Gasteiger partial charge on any atom is 0.222 e. The van der Waals surface area contributed by atoms with Crippen LogP contribution in [0.15, 0.2) is 0 Å². The molecule has 0 aromatic heterocycles. The Hall–Kier alpha value is -0.240. The standard InChI is InChI=1S/C17H32ClNO/c1-2-3-4-5-6-7-8-9-10-11-17(20)19(15-14-18)16-12-13-16/h16H,2-15H2,1H3. The second-order valence-electron chi connectivity index (χ2n) is 6.09. The molecule has 0 heterocycles. The summed E-state index contributed by atoms with van der Waals surface area (Å²) in [6.07, 6.45) is 14.8. The van der Waals surface area contributed by atoms with Gasteiger partial charge in [-0.05, 0) is 19.3 Å². The molecular weight excluding hydrogens is 270 g/mol. The fourth-order valence-electron chi connectivity index (χ4n) is 2.72. The van der Waals surface area contributed by atoms with Gasteiger partial charge in [0, 0.05) is 24.9 Å². The summed E-state index contributed by atoms with van der Waals surface area (Å²) < 4.78 is 0. The summed E-state index contributed by atoms with van der Waals surface area (Å²) in [5.74, 6) is 0.899. The van der Waals surface area contributed by atoms with Gasteiger partial charge in [0.15, 0.2) is 0 Å². The molecule has 0 N–H and O–H groups in total. The summed E-state index contributed by atoms with van der Waals surface area (Å²) in [6, 6.07) is 0.514. The molecule has 1 rings (SSSR count). The summed E-state index contributed by atoms with van der Waals surface area (Å²) >= 11 is 5.77. The molecule has 1 aliphatic carbocycles. The third-order valence-corrected chi connectivity index (χ3v) is 4.30. The highest BCUT2D eigenvalue weighted by Gasteiger charge is 2.31. The minimum atomic E-state index is 0.330. The van der Waals surface area contributed by atoms with Crippen LogP contribution < -0.4 is 0 Å². The lowest BCUT2D eigenvalue weighted by atomic mass is 10.1. The molecule has 20 heavy (non-hydrogen) atoms. The Labute approximate surface area is 130 Å². The zero-order valence-electron chi connectivity index (χ0n) is 13.2. The molecule has 0 atom stereocenters. The Morgan fingerprint density at radius 2 is 1.55 bits per heavy atom. The smallest absolute Gasteiger partial charge is 0.222 e. The van der Waals surface area contributed by atoms with E-state index >= 15 is 0 Å². The van der Waals surface area contributed by atoms with Gasteiger partial charge < -0.3 is 4.90 Å². The van der Waals surface area contributed by atoms with Crippen LogP contribution in [-0.2, 0) is 4.79 Å². The van der Waals surface area contributed by atoms with Crippen molar-refractivity contribution < 1.29 is 4.79 Å². The first kappa shape index (κ1) is 17.8.